The van der Waals surface area contributed by atoms with E-state index >= 15 is 0 Å². The summed E-state index contributed by atoms with van der Waals surface area (Å²) in [7, 11) is 2.13. The minimum absolute atomic E-state index is 0.00393. The number of nitrogens with zero attached hydrogens (tertiary/aromatic N) is 3. The van der Waals surface area contributed by atoms with Crippen molar-refractivity contribution in [2.24, 2.45) is 0 Å². The highest BCUT2D eigenvalue weighted by molar-refractivity contribution is 5.91. The normalized spacial score (nSPS) is 19.8. The molecule has 110 valence electrons. The van der Waals surface area contributed by atoms with Gasteiger partial charge in [-0.05, 0) is 39.0 Å². The van der Waals surface area contributed by atoms with E-state index in [2.05, 4.69) is 22.2 Å². The van der Waals surface area contributed by atoms with Gasteiger partial charge in [0.2, 0.25) is 0 Å². The van der Waals surface area contributed by atoms with Crippen LogP contribution < -0.4 is 5.32 Å². The third kappa shape index (κ3) is 3.10. The van der Waals surface area contributed by atoms with Gasteiger partial charge in [-0.25, -0.2) is 9.78 Å². The van der Waals surface area contributed by atoms with Crippen molar-refractivity contribution in [3.05, 3.63) is 23.9 Å². The van der Waals surface area contributed by atoms with E-state index in [1.165, 1.54) is 0 Å². The van der Waals surface area contributed by atoms with E-state index in [9.17, 15) is 4.79 Å². The molecule has 0 radical (unpaired) electrons. The van der Waals surface area contributed by atoms with Crippen LogP contribution in [0.15, 0.2) is 18.3 Å². The number of piperidine rings is 1. The van der Waals surface area contributed by atoms with Gasteiger partial charge in [-0.2, -0.15) is 0 Å². The number of likely N-dealkylation sites (tertiary alicyclic amines) is 1. The monoisotopic (exact) mass is 276 g/mol. The fourth-order valence-electron chi connectivity index (χ4n) is 2.71. The zero-order chi connectivity index (χ0) is 14.5. The molecule has 0 spiro atoms. The lowest BCUT2D eigenvalue weighted by Crippen LogP contribution is -2.49. The SMILES string of the molecule is CC.CN1CCC(N2Cc3cccnc3NC2=O)CC1. The molecule has 2 amide bonds. The highest BCUT2D eigenvalue weighted by atomic mass is 16.2. The molecule has 5 heteroatoms. The van der Waals surface area contributed by atoms with Crippen LogP contribution in [-0.2, 0) is 6.54 Å². The Morgan fingerprint density at radius 2 is 2.00 bits per heavy atom. The first kappa shape index (κ1) is 14.8. The number of urea groups is 1. The van der Waals surface area contributed by atoms with E-state index < -0.39 is 0 Å². The molecule has 2 aliphatic heterocycles. The predicted molar refractivity (Wildman–Crippen MR) is 80.7 cm³/mol. The fourth-order valence-corrected chi connectivity index (χ4v) is 2.71. The maximum Gasteiger partial charge on any atom is 0.323 e. The molecule has 1 saturated heterocycles. The number of aromatic nitrogens is 1. The summed E-state index contributed by atoms with van der Waals surface area (Å²) in [5, 5.41) is 2.88. The molecule has 0 unspecified atom stereocenters. The molecular formula is C15H24N4O. The Bertz CT molecular complexity index is 455. The topological polar surface area (TPSA) is 48.5 Å². The number of fused-ring (bicyclic) bond motifs is 1. The second-order valence-corrected chi connectivity index (χ2v) is 5.10. The Hall–Kier alpha value is -1.62. The summed E-state index contributed by atoms with van der Waals surface area (Å²) in [4.78, 5) is 20.6. The van der Waals surface area contributed by atoms with Gasteiger partial charge < -0.3 is 9.80 Å². The molecular weight excluding hydrogens is 252 g/mol. The third-order valence-electron chi connectivity index (χ3n) is 3.85. The molecule has 5 nitrogen and oxygen atoms in total. The van der Waals surface area contributed by atoms with Crippen molar-refractivity contribution in [1.82, 2.24) is 14.8 Å². The zero-order valence-electron chi connectivity index (χ0n) is 12.6. The number of hydrogen-bond acceptors (Lipinski definition) is 3. The van der Waals surface area contributed by atoms with E-state index in [0.29, 0.717) is 18.4 Å². The van der Waals surface area contributed by atoms with Gasteiger partial charge in [-0.3, -0.25) is 5.32 Å². The number of carbonyl (C=O) groups is 1. The number of carbonyl (C=O) groups excluding carboxylic acids is 1. The predicted octanol–water partition coefficient (Wildman–Crippen LogP) is 2.55. The number of anilines is 1. The molecule has 20 heavy (non-hydrogen) atoms. The van der Waals surface area contributed by atoms with E-state index in [0.717, 1.165) is 31.5 Å². The molecule has 1 aromatic heterocycles. The minimum Gasteiger partial charge on any atom is -0.317 e. The van der Waals surface area contributed by atoms with Crippen molar-refractivity contribution < 1.29 is 4.79 Å². The van der Waals surface area contributed by atoms with E-state index in [4.69, 9.17) is 0 Å². The van der Waals surface area contributed by atoms with Crippen molar-refractivity contribution in [2.75, 3.05) is 25.5 Å². The second kappa shape index (κ2) is 6.70. The molecule has 3 rings (SSSR count). The molecule has 1 aromatic rings. The smallest absolute Gasteiger partial charge is 0.317 e. The first-order valence-corrected chi connectivity index (χ1v) is 7.44. The van der Waals surface area contributed by atoms with Gasteiger partial charge in [-0.15, -0.1) is 0 Å². The molecule has 1 fully saturated rings. The quantitative estimate of drug-likeness (QED) is 0.857. The van der Waals surface area contributed by atoms with Gasteiger partial charge >= 0.3 is 6.03 Å². The number of rotatable bonds is 1. The van der Waals surface area contributed by atoms with Gasteiger partial charge in [-0.1, -0.05) is 19.9 Å². The fraction of sp³-hybridized carbons (Fsp3) is 0.600. The molecule has 0 atom stereocenters. The van der Waals surface area contributed by atoms with Crippen LogP contribution in [0.4, 0.5) is 10.6 Å². The maximum absolute atomic E-state index is 12.1. The van der Waals surface area contributed by atoms with Crippen LogP contribution in [0, 0.1) is 0 Å². The molecule has 0 saturated carbocycles. The van der Waals surface area contributed by atoms with Crippen LogP contribution in [0.2, 0.25) is 0 Å². The van der Waals surface area contributed by atoms with Crippen LogP contribution in [0.3, 0.4) is 0 Å². The molecule has 0 aliphatic carbocycles. The van der Waals surface area contributed by atoms with Gasteiger partial charge in [0.25, 0.3) is 0 Å². The second-order valence-electron chi connectivity index (χ2n) is 5.10. The van der Waals surface area contributed by atoms with Crippen LogP contribution in [-0.4, -0.2) is 47.0 Å². The Morgan fingerprint density at radius 1 is 1.30 bits per heavy atom. The van der Waals surface area contributed by atoms with Crippen LogP contribution in [0.25, 0.3) is 0 Å². The van der Waals surface area contributed by atoms with Gasteiger partial charge in [0.15, 0.2) is 0 Å². The summed E-state index contributed by atoms with van der Waals surface area (Å²) < 4.78 is 0. The zero-order valence-corrected chi connectivity index (χ0v) is 12.6. The van der Waals surface area contributed by atoms with Gasteiger partial charge in [0.1, 0.15) is 5.82 Å². The molecule has 0 bridgehead atoms. The Morgan fingerprint density at radius 3 is 2.70 bits per heavy atom. The summed E-state index contributed by atoms with van der Waals surface area (Å²) in [5.74, 6) is 0.715. The van der Waals surface area contributed by atoms with Crippen molar-refractivity contribution in [2.45, 2.75) is 39.3 Å². The number of nitrogens with one attached hydrogen (secondary N) is 1. The van der Waals surface area contributed by atoms with E-state index in [-0.39, 0.29) is 6.03 Å². The molecule has 2 aliphatic rings. The molecule has 1 N–H and O–H groups in total. The summed E-state index contributed by atoms with van der Waals surface area (Å²) in [6.45, 7) is 6.81. The average Bonchev–Trinajstić information content (AvgIpc) is 2.49. The summed E-state index contributed by atoms with van der Waals surface area (Å²) >= 11 is 0. The Labute approximate surface area is 121 Å². The van der Waals surface area contributed by atoms with Crippen LogP contribution >= 0.6 is 0 Å². The third-order valence-corrected chi connectivity index (χ3v) is 3.85. The highest BCUT2D eigenvalue weighted by Gasteiger charge is 2.31. The van der Waals surface area contributed by atoms with Crippen molar-refractivity contribution >= 4 is 11.8 Å². The standard InChI is InChI=1S/C13H18N4O.C2H6/c1-16-7-4-11(5-8-16)17-9-10-3-2-6-14-12(10)15-13(17)18;1-2/h2-3,6,11H,4-5,7-9H2,1H3,(H,14,15,18);1-2H3. The highest BCUT2D eigenvalue weighted by Crippen LogP contribution is 2.25. The van der Waals surface area contributed by atoms with Crippen LogP contribution in [0.5, 0.6) is 0 Å². The summed E-state index contributed by atoms with van der Waals surface area (Å²) in [6.07, 6.45) is 3.82. The largest absolute Gasteiger partial charge is 0.323 e. The van der Waals surface area contributed by atoms with E-state index in [1.807, 2.05) is 30.9 Å². The molecule has 0 aromatic carbocycles. The minimum atomic E-state index is -0.00393. The van der Waals surface area contributed by atoms with Crippen molar-refractivity contribution in [3.63, 3.8) is 0 Å². The number of amides is 2. The van der Waals surface area contributed by atoms with Crippen molar-refractivity contribution in [3.8, 4) is 0 Å². The maximum atomic E-state index is 12.1. The number of hydrogen-bond donors (Lipinski definition) is 1. The van der Waals surface area contributed by atoms with Crippen molar-refractivity contribution in [1.29, 1.82) is 0 Å². The summed E-state index contributed by atoms with van der Waals surface area (Å²) in [5.41, 5.74) is 1.11. The number of pyridine rings is 1. The molecule has 3 heterocycles. The first-order valence-electron chi connectivity index (χ1n) is 7.44. The first-order chi connectivity index (χ1) is 9.74. The van der Waals surface area contributed by atoms with E-state index in [1.54, 1.807) is 6.20 Å². The Balaban J connectivity index is 0.000000704. The summed E-state index contributed by atoms with van der Waals surface area (Å²) in [6, 6.07) is 4.30. The lowest BCUT2D eigenvalue weighted by molar-refractivity contribution is 0.133. The van der Waals surface area contributed by atoms with Gasteiger partial charge in [0, 0.05) is 17.8 Å². The lowest BCUT2D eigenvalue weighted by atomic mass is 10.0. The van der Waals surface area contributed by atoms with Crippen LogP contribution in [0.1, 0.15) is 32.3 Å². The Kier molecular flexibility index (Phi) is 4.95. The average molecular weight is 276 g/mol. The lowest BCUT2D eigenvalue weighted by Gasteiger charge is -2.39. The van der Waals surface area contributed by atoms with Gasteiger partial charge in [0.05, 0.1) is 6.54 Å².